The Labute approximate surface area is 83.3 Å². The van der Waals surface area contributed by atoms with Crippen LogP contribution >= 0.6 is 0 Å². The molecule has 0 spiro atoms. The van der Waals surface area contributed by atoms with E-state index in [0.717, 1.165) is 25.6 Å². The predicted molar refractivity (Wildman–Crippen MR) is 59.9 cm³/mol. The Morgan fingerprint density at radius 3 is 2.46 bits per heavy atom. The maximum atomic E-state index is 5.43. The molecule has 3 N–H and O–H groups in total. The highest BCUT2D eigenvalue weighted by atomic mass is 14.9. The zero-order chi connectivity index (χ0) is 9.94. The lowest BCUT2D eigenvalue weighted by atomic mass is 10.1. The number of nitrogens with two attached hydrogens (primary N) is 1. The van der Waals surface area contributed by atoms with Gasteiger partial charge in [0.15, 0.2) is 0 Å². The van der Waals surface area contributed by atoms with Gasteiger partial charge in [-0.1, -0.05) is 26.7 Å². The molecule has 0 rings (SSSR count). The molecule has 0 amide bonds. The average Bonchev–Trinajstić information content (AvgIpc) is 2.17. The molecule has 0 aromatic rings. The fourth-order valence-electron chi connectivity index (χ4n) is 1.48. The summed E-state index contributed by atoms with van der Waals surface area (Å²) in [6, 6.07) is 0.734. The van der Waals surface area contributed by atoms with Crippen molar-refractivity contribution < 1.29 is 0 Å². The molecule has 1 atom stereocenters. The number of hydrogen-bond acceptors (Lipinski definition) is 2. The van der Waals surface area contributed by atoms with Crippen molar-refractivity contribution in [2.45, 2.75) is 58.4 Å². The minimum atomic E-state index is 0.734. The summed E-state index contributed by atoms with van der Waals surface area (Å²) in [6.45, 7) is 6.48. The second-order valence-electron chi connectivity index (χ2n) is 3.70. The fourth-order valence-corrected chi connectivity index (χ4v) is 1.48. The number of nitrogens with one attached hydrogen (secondary N) is 1. The van der Waals surface area contributed by atoms with Gasteiger partial charge < -0.3 is 11.1 Å². The first-order valence-corrected chi connectivity index (χ1v) is 5.78. The molecule has 0 heterocycles. The van der Waals surface area contributed by atoms with Gasteiger partial charge in [0.2, 0.25) is 0 Å². The van der Waals surface area contributed by atoms with E-state index >= 15 is 0 Å². The lowest BCUT2D eigenvalue weighted by Crippen LogP contribution is -2.29. The zero-order valence-corrected chi connectivity index (χ0v) is 9.31. The third kappa shape index (κ3) is 8.26. The van der Waals surface area contributed by atoms with Crippen molar-refractivity contribution in [3.05, 3.63) is 0 Å². The van der Waals surface area contributed by atoms with Gasteiger partial charge >= 0.3 is 0 Å². The van der Waals surface area contributed by atoms with Gasteiger partial charge in [0.05, 0.1) is 0 Å². The Morgan fingerprint density at radius 1 is 1.15 bits per heavy atom. The van der Waals surface area contributed by atoms with Gasteiger partial charge in [0.25, 0.3) is 0 Å². The smallest absolute Gasteiger partial charge is 0.00644 e. The van der Waals surface area contributed by atoms with Crippen molar-refractivity contribution in [2.24, 2.45) is 5.73 Å². The van der Waals surface area contributed by atoms with Crippen LogP contribution in [0.5, 0.6) is 0 Å². The molecule has 0 saturated heterocycles. The van der Waals surface area contributed by atoms with E-state index in [4.69, 9.17) is 5.73 Å². The molecule has 2 nitrogen and oxygen atoms in total. The number of hydrogen-bond donors (Lipinski definition) is 2. The second kappa shape index (κ2) is 10.0. The van der Waals surface area contributed by atoms with Crippen LogP contribution in [0.25, 0.3) is 0 Å². The van der Waals surface area contributed by atoms with E-state index in [2.05, 4.69) is 19.2 Å². The first-order chi connectivity index (χ1) is 6.35. The average molecular weight is 186 g/mol. The number of rotatable bonds is 9. The highest BCUT2D eigenvalue weighted by Gasteiger charge is 2.02. The summed E-state index contributed by atoms with van der Waals surface area (Å²) in [5.41, 5.74) is 5.43. The Kier molecular flexibility index (Phi) is 9.94. The van der Waals surface area contributed by atoms with Gasteiger partial charge in [-0.15, -0.1) is 0 Å². The molecule has 0 fully saturated rings. The molecule has 80 valence electrons. The highest BCUT2D eigenvalue weighted by molar-refractivity contribution is 4.64. The molecular weight excluding hydrogens is 160 g/mol. The van der Waals surface area contributed by atoms with Crippen LogP contribution in [-0.4, -0.2) is 19.1 Å². The van der Waals surface area contributed by atoms with Crippen molar-refractivity contribution >= 4 is 0 Å². The quantitative estimate of drug-likeness (QED) is 0.542. The summed E-state index contributed by atoms with van der Waals surface area (Å²) in [5.74, 6) is 0. The van der Waals surface area contributed by atoms with E-state index in [-0.39, 0.29) is 0 Å². The fraction of sp³-hybridized carbons (Fsp3) is 1.00. The molecule has 1 unspecified atom stereocenters. The van der Waals surface area contributed by atoms with E-state index < -0.39 is 0 Å². The molecule has 13 heavy (non-hydrogen) atoms. The van der Waals surface area contributed by atoms with Crippen molar-refractivity contribution in [1.82, 2.24) is 5.32 Å². The summed E-state index contributed by atoms with van der Waals surface area (Å²) in [5, 5.41) is 3.58. The van der Waals surface area contributed by atoms with Crippen molar-refractivity contribution in [2.75, 3.05) is 13.1 Å². The Bertz CT molecular complexity index is 94.1. The molecular formula is C11H26N2. The Balaban J connectivity index is 3.25. The minimum absolute atomic E-state index is 0.734. The minimum Gasteiger partial charge on any atom is -0.330 e. The topological polar surface area (TPSA) is 38.0 Å². The third-order valence-electron chi connectivity index (χ3n) is 2.46. The molecule has 0 saturated carbocycles. The van der Waals surface area contributed by atoms with Crippen LogP contribution < -0.4 is 11.1 Å². The Morgan fingerprint density at radius 2 is 1.92 bits per heavy atom. The molecule has 0 aliphatic carbocycles. The normalized spacial score (nSPS) is 13.2. The summed E-state index contributed by atoms with van der Waals surface area (Å²) in [4.78, 5) is 0. The van der Waals surface area contributed by atoms with Gasteiger partial charge in [-0.2, -0.15) is 0 Å². The van der Waals surface area contributed by atoms with E-state index in [0.29, 0.717) is 0 Å². The van der Waals surface area contributed by atoms with Crippen LogP contribution in [0, 0.1) is 0 Å². The first-order valence-electron chi connectivity index (χ1n) is 5.78. The van der Waals surface area contributed by atoms with E-state index in [1.807, 2.05) is 0 Å². The van der Waals surface area contributed by atoms with Gasteiger partial charge in [0, 0.05) is 6.04 Å². The van der Waals surface area contributed by atoms with E-state index in [1.54, 1.807) is 0 Å². The molecule has 0 aliphatic rings. The van der Waals surface area contributed by atoms with Crippen molar-refractivity contribution in [3.8, 4) is 0 Å². The largest absolute Gasteiger partial charge is 0.330 e. The molecule has 0 aromatic carbocycles. The van der Waals surface area contributed by atoms with Crippen LogP contribution in [0.1, 0.15) is 52.4 Å². The molecule has 2 heteroatoms. The maximum absolute atomic E-state index is 5.43. The maximum Gasteiger partial charge on any atom is 0.00644 e. The summed E-state index contributed by atoms with van der Waals surface area (Å²) < 4.78 is 0. The zero-order valence-electron chi connectivity index (χ0n) is 9.31. The van der Waals surface area contributed by atoms with Gasteiger partial charge in [-0.05, 0) is 38.8 Å². The van der Waals surface area contributed by atoms with Crippen LogP contribution in [-0.2, 0) is 0 Å². The lowest BCUT2D eigenvalue weighted by molar-refractivity contribution is 0.446. The molecule has 0 bridgehead atoms. The molecule has 0 aliphatic heterocycles. The van der Waals surface area contributed by atoms with Crippen molar-refractivity contribution in [1.29, 1.82) is 0 Å². The van der Waals surface area contributed by atoms with E-state index in [9.17, 15) is 0 Å². The van der Waals surface area contributed by atoms with Crippen LogP contribution in [0.4, 0.5) is 0 Å². The van der Waals surface area contributed by atoms with Crippen LogP contribution in [0.3, 0.4) is 0 Å². The van der Waals surface area contributed by atoms with Gasteiger partial charge in [-0.3, -0.25) is 0 Å². The summed E-state index contributed by atoms with van der Waals surface area (Å²) in [6.07, 6.45) is 7.61. The molecule has 0 radical (unpaired) electrons. The van der Waals surface area contributed by atoms with Crippen LogP contribution in [0.2, 0.25) is 0 Å². The van der Waals surface area contributed by atoms with Gasteiger partial charge in [-0.25, -0.2) is 0 Å². The third-order valence-corrected chi connectivity index (χ3v) is 2.46. The predicted octanol–water partition coefficient (Wildman–Crippen LogP) is 2.28. The summed E-state index contributed by atoms with van der Waals surface area (Å²) in [7, 11) is 0. The van der Waals surface area contributed by atoms with Crippen LogP contribution in [0.15, 0.2) is 0 Å². The number of unbranched alkanes of at least 4 members (excludes halogenated alkanes) is 2. The Hall–Kier alpha value is -0.0800. The second-order valence-corrected chi connectivity index (χ2v) is 3.70. The highest BCUT2D eigenvalue weighted by Crippen LogP contribution is 2.03. The molecule has 0 aromatic heterocycles. The SMILES string of the molecule is CCCCC(CC)NCCCCN. The summed E-state index contributed by atoms with van der Waals surface area (Å²) >= 11 is 0. The standard InChI is InChI=1S/C11H26N2/c1-3-5-8-11(4-2)13-10-7-6-9-12/h11,13H,3-10,12H2,1-2H3. The van der Waals surface area contributed by atoms with E-state index in [1.165, 1.54) is 32.1 Å². The lowest BCUT2D eigenvalue weighted by Gasteiger charge is -2.16. The van der Waals surface area contributed by atoms with Crippen molar-refractivity contribution in [3.63, 3.8) is 0 Å². The first kappa shape index (κ1) is 12.9. The monoisotopic (exact) mass is 186 g/mol. The van der Waals surface area contributed by atoms with Gasteiger partial charge in [0.1, 0.15) is 0 Å².